The molecule has 4 rings (SSSR count). The van der Waals surface area contributed by atoms with Gasteiger partial charge in [0.25, 0.3) is 0 Å². The van der Waals surface area contributed by atoms with Crippen LogP contribution in [0.25, 0.3) is 4.96 Å². The largest absolute Gasteiger partial charge is 0.492 e. The van der Waals surface area contributed by atoms with Crippen molar-refractivity contribution in [1.29, 1.82) is 0 Å². The molecular formula is C18H22FN4OS+. The molecule has 132 valence electrons. The fourth-order valence-electron chi connectivity index (χ4n) is 4.18. The van der Waals surface area contributed by atoms with E-state index in [4.69, 9.17) is 0 Å². The Labute approximate surface area is 149 Å². The van der Waals surface area contributed by atoms with Crippen LogP contribution in [0.2, 0.25) is 0 Å². The van der Waals surface area contributed by atoms with Gasteiger partial charge in [-0.2, -0.15) is 9.61 Å². The van der Waals surface area contributed by atoms with Crippen molar-refractivity contribution in [3.8, 4) is 5.88 Å². The summed E-state index contributed by atoms with van der Waals surface area (Å²) in [7, 11) is 0. The highest BCUT2D eigenvalue weighted by atomic mass is 32.1. The summed E-state index contributed by atoms with van der Waals surface area (Å²) in [6, 6.07) is 6.59. The lowest BCUT2D eigenvalue weighted by atomic mass is 9.89. The van der Waals surface area contributed by atoms with Crippen LogP contribution in [-0.4, -0.2) is 32.8 Å². The lowest BCUT2D eigenvalue weighted by molar-refractivity contribution is -0.936. The minimum atomic E-state index is -0.246. The van der Waals surface area contributed by atoms with Gasteiger partial charge >= 0.3 is 0 Å². The number of piperidine rings is 1. The second kappa shape index (κ2) is 6.38. The number of nitrogens with zero attached hydrogens (tertiary/aromatic N) is 3. The van der Waals surface area contributed by atoms with Gasteiger partial charge in [-0.15, -0.1) is 0 Å². The van der Waals surface area contributed by atoms with E-state index in [0.717, 1.165) is 23.5 Å². The first-order valence-corrected chi connectivity index (χ1v) is 9.46. The van der Waals surface area contributed by atoms with Gasteiger partial charge in [0.1, 0.15) is 17.0 Å². The van der Waals surface area contributed by atoms with Crippen LogP contribution in [0.1, 0.15) is 36.8 Å². The number of likely N-dealkylation sites (tertiary alicyclic amines) is 1. The number of hydrogen-bond donors (Lipinski definition) is 2. The van der Waals surface area contributed by atoms with Crippen molar-refractivity contribution in [3.63, 3.8) is 0 Å². The van der Waals surface area contributed by atoms with E-state index in [-0.39, 0.29) is 17.7 Å². The molecule has 1 aliphatic heterocycles. The molecule has 1 saturated heterocycles. The van der Waals surface area contributed by atoms with E-state index in [0.29, 0.717) is 16.8 Å². The summed E-state index contributed by atoms with van der Waals surface area (Å²) in [5.74, 6) is 1.13. The van der Waals surface area contributed by atoms with Gasteiger partial charge in [0, 0.05) is 17.4 Å². The van der Waals surface area contributed by atoms with Crippen LogP contribution in [0.5, 0.6) is 5.88 Å². The van der Waals surface area contributed by atoms with Crippen molar-refractivity contribution in [2.24, 2.45) is 11.8 Å². The number of halogens is 1. The van der Waals surface area contributed by atoms with E-state index in [2.05, 4.69) is 23.9 Å². The van der Waals surface area contributed by atoms with Gasteiger partial charge < -0.3 is 10.0 Å². The van der Waals surface area contributed by atoms with Crippen LogP contribution in [0.3, 0.4) is 0 Å². The van der Waals surface area contributed by atoms with E-state index >= 15 is 0 Å². The molecule has 1 aromatic carbocycles. The van der Waals surface area contributed by atoms with Crippen molar-refractivity contribution in [2.45, 2.75) is 26.3 Å². The molecule has 0 spiro atoms. The first-order valence-electron chi connectivity index (χ1n) is 8.64. The Morgan fingerprint density at radius 2 is 1.92 bits per heavy atom. The summed E-state index contributed by atoms with van der Waals surface area (Å²) in [4.78, 5) is 7.13. The molecule has 1 aliphatic rings. The predicted octanol–water partition coefficient (Wildman–Crippen LogP) is 2.29. The number of fused-ring (bicyclic) bond motifs is 1. The zero-order valence-electron chi connectivity index (χ0n) is 14.3. The van der Waals surface area contributed by atoms with Gasteiger partial charge in [0.15, 0.2) is 6.04 Å². The highest BCUT2D eigenvalue weighted by Crippen LogP contribution is 2.35. The molecule has 7 heteroatoms. The van der Waals surface area contributed by atoms with Gasteiger partial charge in [-0.1, -0.05) is 25.2 Å². The molecule has 25 heavy (non-hydrogen) atoms. The molecular weight excluding hydrogens is 339 g/mol. The average molecular weight is 361 g/mol. The van der Waals surface area contributed by atoms with Gasteiger partial charge in [-0.05, 0) is 30.7 Å². The molecule has 2 aromatic heterocycles. The number of benzene rings is 1. The first-order chi connectivity index (χ1) is 12.0. The molecule has 3 aromatic rings. The van der Waals surface area contributed by atoms with E-state index in [1.807, 2.05) is 12.1 Å². The third kappa shape index (κ3) is 3.02. The minimum absolute atomic E-state index is 0.0423. The second-order valence-electron chi connectivity index (χ2n) is 7.24. The van der Waals surface area contributed by atoms with Gasteiger partial charge in [-0.3, -0.25) is 0 Å². The molecule has 0 aliphatic carbocycles. The summed E-state index contributed by atoms with van der Waals surface area (Å²) in [5.41, 5.74) is 1.01. The Morgan fingerprint density at radius 3 is 2.56 bits per heavy atom. The van der Waals surface area contributed by atoms with Crippen LogP contribution >= 0.6 is 11.3 Å². The third-order valence-electron chi connectivity index (χ3n) is 5.04. The SMILES string of the molecule is C[C@@H]1C[C@H](C)C[NH+]([C@@H](c2ccc(F)cc2)c2sc3ncnn3c2O)C1. The summed E-state index contributed by atoms with van der Waals surface area (Å²) in [5, 5.41) is 14.8. The van der Waals surface area contributed by atoms with Crippen molar-refractivity contribution < 1.29 is 14.4 Å². The third-order valence-corrected chi connectivity index (χ3v) is 6.14. The Bertz CT molecular complexity index is 865. The Hall–Kier alpha value is -1.99. The topological polar surface area (TPSA) is 54.9 Å². The molecule has 1 unspecified atom stereocenters. The van der Waals surface area contributed by atoms with Crippen LogP contribution in [0, 0.1) is 17.7 Å². The fourth-order valence-corrected chi connectivity index (χ4v) is 5.29. The van der Waals surface area contributed by atoms with Crippen molar-refractivity contribution in [3.05, 3.63) is 46.9 Å². The Morgan fingerprint density at radius 1 is 1.24 bits per heavy atom. The summed E-state index contributed by atoms with van der Waals surface area (Å²) in [6.07, 6.45) is 2.67. The maximum absolute atomic E-state index is 13.4. The van der Waals surface area contributed by atoms with Crippen LogP contribution in [0.4, 0.5) is 4.39 Å². The smallest absolute Gasteiger partial charge is 0.235 e. The van der Waals surface area contributed by atoms with E-state index in [9.17, 15) is 9.50 Å². The van der Waals surface area contributed by atoms with Gasteiger partial charge in [0.2, 0.25) is 10.8 Å². The molecule has 0 saturated carbocycles. The zero-order valence-corrected chi connectivity index (χ0v) is 15.1. The number of rotatable bonds is 3. The monoisotopic (exact) mass is 361 g/mol. The Kier molecular flexibility index (Phi) is 4.21. The maximum Gasteiger partial charge on any atom is 0.235 e. The molecule has 0 amide bonds. The van der Waals surface area contributed by atoms with Crippen LogP contribution in [-0.2, 0) is 0 Å². The molecule has 5 nitrogen and oxygen atoms in total. The predicted molar refractivity (Wildman–Crippen MR) is 94.4 cm³/mol. The molecule has 3 heterocycles. The van der Waals surface area contributed by atoms with Crippen molar-refractivity contribution in [2.75, 3.05) is 13.1 Å². The van der Waals surface area contributed by atoms with Crippen LogP contribution < -0.4 is 4.90 Å². The number of hydrogen-bond acceptors (Lipinski definition) is 4. The van der Waals surface area contributed by atoms with E-state index in [1.54, 1.807) is 0 Å². The summed E-state index contributed by atoms with van der Waals surface area (Å²) < 4.78 is 14.9. The summed E-state index contributed by atoms with van der Waals surface area (Å²) in [6.45, 7) is 6.61. The molecule has 4 atom stereocenters. The van der Waals surface area contributed by atoms with E-state index in [1.165, 1.54) is 45.6 Å². The zero-order chi connectivity index (χ0) is 17.6. The second-order valence-corrected chi connectivity index (χ2v) is 8.25. The van der Waals surface area contributed by atoms with Crippen molar-refractivity contribution in [1.82, 2.24) is 14.6 Å². The lowest BCUT2D eigenvalue weighted by Crippen LogP contribution is -3.14. The first kappa shape index (κ1) is 16.5. The standard InChI is InChI=1S/C18H21FN4OS/c1-11-7-12(2)9-22(8-11)15(13-3-5-14(19)6-4-13)16-17(24)23-18(25-16)20-10-21-23/h3-6,10-12,15,24H,7-9H2,1-2H3/p+1/t11-,12+,15-/m0/s1. The number of aromatic hydroxyl groups is 1. The highest BCUT2D eigenvalue weighted by molar-refractivity contribution is 7.17. The van der Waals surface area contributed by atoms with Gasteiger partial charge in [0.05, 0.1) is 13.1 Å². The van der Waals surface area contributed by atoms with E-state index < -0.39 is 0 Å². The molecule has 0 radical (unpaired) electrons. The average Bonchev–Trinajstić information content (AvgIpc) is 3.13. The summed E-state index contributed by atoms with van der Waals surface area (Å²) >= 11 is 1.46. The number of nitrogens with one attached hydrogen (secondary N) is 1. The maximum atomic E-state index is 13.4. The fraction of sp³-hybridized carbons (Fsp3) is 0.444. The lowest BCUT2D eigenvalue weighted by Gasteiger charge is -2.37. The molecule has 1 fully saturated rings. The molecule has 0 bridgehead atoms. The quantitative estimate of drug-likeness (QED) is 0.753. The van der Waals surface area contributed by atoms with Crippen LogP contribution in [0.15, 0.2) is 30.6 Å². The Balaban J connectivity index is 1.81. The highest BCUT2D eigenvalue weighted by Gasteiger charge is 2.36. The molecule has 2 N–H and O–H groups in total. The normalized spacial score (nSPS) is 25.3. The number of thiazole rings is 1. The minimum Gasteiger partial charge on any atom is -0.492 e. The van der Waals surface area contributed by atoms with Crippen molar-refractivity contribution >= 4 is 16.3 Å². The number of aromatic nitrogens is 3. The van der Waals surface area contributed by atoms with Gasteiger partial charge in [-0.25, -0.2) is 9.37 Å². The number of quaternary nitrogens is 1.